The second-order valence-corrected chi connectivity index (χ2v) is 9.31. The first kappa shape index (κ1) is 20.8. The van der Waals surface area contributed by atoms with Crippen molar-refractivity contribution < 1.29 is 9.53 Å². The fourth-order valence-electron chi connectivity index (χ4n) is 3.58. The van der Waals surface area contributed by atoms with Gasteiger partial charge in [0.2, 0.25) is 5.82 Å². The van der Waals surface area contributed by atoms with Gasteiger partial charge in [0.25, 0.3) is 0 Å². The fraction of sp³-hybridized carbons (Fsp3) is 0.500. The molecule has 3 rings (SSSR count). The molecule has 0 spiro atoms. The minimum Gasteiger partial charge on any atom is -0.460 e. The lowest BCUT2D eigenvalue weighted by Gasteiger charge is -2.26. The number of aromatic nitrogens is 2. The number of ether oxygens (including phenoxy) is 1. The Balaban J connectivity index is 1.94. The quantitative estimate of drug-likeness (QED) is 0.612. The Hall–Kier alpha value is -1.95. The number of nitrogens with zero attached hydrogens (tertiary/aromatic N) is 3. The average molecular weight is 446 g/mol. The SMILES string of the molecule is CCOC(=O)c1nc(N2CC(c3ccc(Br)cc3)CC2C)cc(C(C)(C)C)n1. The summed E-state index contributed by atoms with van der Waals surface area (Å²) in [6, 6.07) is 10.9. The van der Waals surface area contributed by atoms with Crippen molar-refractivity contribution in [3.63, 3.8) is 0 Å². The largest absolute Gasteiger partial charge is 0.460 e. The van der Waals surface area contributed by atoms with E-state index in [-0.39, 0.29) is 11.2 Å². The van der Waals surface area contributed by atoms with Crippen molar-refractivity contribution >= 4 is 27.7 Å². The second kappa shape index (κ2) is 8.19. The van der Waals surface area contributed by atoms with Crippen molar-refractivity contribution in [2.45, 2.75) is 58.4 Å². The van der Waals surface area contributed by atoms with Crippen LogP contribution in [0.4, 0.5) is 5.82 Å². The number of esters is 1. The van der Waals surface area contributed by atoms with Gasteiger partial charge < -0.3 is 9.64 Å². The fourth-order valence-corrected chi connectivity index (χ4v) is 3.84. The average Bonchev–Trinajstić information content (AvgIpc) is 3.03. The van der Waals surface area contributed by atoms with Crippen LogP contribution in [0.2, 0.25) is 0 Å². The molecule has 0 amide bonds. The zero-order valence-electron chi connectivity index (χ0n) is 17.2. The normalized spacial score (nSPS) is 19.7. The molecule has 1 aliphatic rings. The van der Waals surface area contributed by atoms with Crippen LogP contribution in [-0.4, -0.2) is 35.1 Å². The highest BCUT2D eigenvalue weighted by Crippen LogP contribution is 2.36. The van der Waals surface area contributed by atoms with Crippen LogP contribution in [0, 0.1) is 0 Å². The summed E-state index contributed by atoms with van der Waals surface area (Å²) in [6.45, 7) is 11.4. The van der Waals surface area contributed by atoms with Gasteiger partial charge in [0.05, 0.1) is 12.3 Å². The summed E-state index contributed by atoms with van der Waals surface area (Å²) in [5.41, 5.74) is 1.99. The third kappa shape index (κ3) is 4.54. The summed E-state index contributed by atoms with van der Waals surface area (Å²) in [7, 11) is 0. The first-order valence-electron chi connectivity index (χ1n) is 9.77. The van der Waals surface area contributed by atoms with E-state index in [1.54, 1.807) is 6.92 Å². The molecule has 2 unspecified atom stereocenters. The van der Waals surface area contributed by atoms with Crippen molar-refractivity contribution in [1.82, 2.24) is 9.97 Å². The van der Waals surface area contributed by atoms with Gasteiger partial charge in [-0.15, -0.1) is 0 Å². The van der Waals surface area contributed by atoms with Crippen LogP contribution in [0.5, 0.6) is 0 Å². The molecule has 1 aliphatic heterocycles. The molecule has 0 aliphatic carbocycles. The van der Waals surface area contributed by atoms with E-state index in [1.807, 2.05) is 6.07 Å². The predicted octanol–water partition coefficient (Wildman–Crippen LogP) is 5.10. The summed E-state index contributed by atoms with van der Waals surface area (Å²) in [5.74, 6) is 0.909. The van der Waals surface area contributed by atoms with E-state index in [2.05, 4.69) is 82.8 Å². The number of benzene rings is 1. The zero-order chi connectivity index (χ0) is 20.5. The van der Waals surface area contributed by atoms with Crippen molar-refractivity contribution in [1.29, 1.82) is 0 Å². The van der Waals surface area contributed by atoms with E-state index in [0.29, 0.717) is 18.6 Å². The maximum Gasteiger partial charge on any atom is 0.376 e. The first-order chi connectivity index (χ1) is 13.2. The van der Waals surface area contributed by atoms with Gasteiger partial charge >= 0.3 is 5.97 Å². The molecule has 2 aromatic rings. The minimum absolute atomic E-state index is 0.142. The Morgan fingerprint density at radius 2 is 1.93 bits per heavy atom. The molecule has 1 aromatic carbocycles. The number of rotatable bonds is 4. The molecule has 2 atom stereocenters. The molecule has 0 saturated carbocycles. The third-order valence-corrected chi connectivity index (χ3v) is 5.68. The molecule has 1 saturated heterocycles. The molecule has 2 heterocycles. The highest BCUT2D eigenvalue weighted by Gasteiger charge is 2.32. The van der Waals surface area contributed by atoms with Gasteiger partial charge in [-0.2, -0.15) is 0 Å². The molecular formula is C22H28BrN3O2. The van der Waals surface area contributed by atoms with Gasteiger partial charge in [0.1, 0.15) is 5.82 Å². The Morgan fingerprint density at radius 3 is 2.54 bits per heavy atom. The Kier molecular flexibility index (Phi) is 6.08. The molecule has 5 nitrogen and oxygen atoms in total. The summed E-state index contributed by atoms with van der Waals surface area (Å²) in [6.07, 6.45) is 1.05. The van der Waals surface area contributed by atoms with Crippen LogP contribution in [0.1, 0.15) is 68.8 Å². The van der Waals surface area contributed by atoms with Crippen molar-refractivity contribution in [3.05, 3.63) is 51.9 Å². The molecule has 0 radical (unpaired) electrons. The van der Waals surface area contributed by atoms with Gasteiger partial charge in [-0.25, -0.2) is 14.8 Å². The van der Waals surface area contributed by atoms with Crippen LogP contribution in [-0.2, 0) is 10.2 Å². The van der Waals surface area contributed by atoms with Gasteiger partial charge in [-0.3, -0.25) is 0 Å². The predicted molar refractivity (Wildman–Crippen MR) is 115 cm³/mol. The van der Waals surface area contributed by atoms with E-state index in [0.717, 1.165) is 29.0 Å². The minimum atomic E-state index is -0.467. The number of anilines is 1. The second-order valence-electron chi connectivity index (χ2n) is 8.39. The Morgan fingerprint density at radius 1 is 1.25 bits per heavy atom. The molecule has 1 aromatic heterocycles. The van der Waals surface area contributed by atoms with Crippen LogP contribution >= 0.6 is 15.9 Å². The molecule has 28 heavy (non-hydrogen) atoms. The summed E-state index contributed by atoms with van der Waals surface area (Å²) in [4.78, 5) is 23.7. The summed E-state index contributed by atoms with van der Waals surface area (Å²) >= 11 is 3.50. The van der Waals surface area contributed by atoms with Crippen molar-refractivity contribution in [3.8, 4) is 0 Å². The molecule has 1 fully saturated rings. The maximum absolute atomic E-state index is 12.3. The lowest BCUT2D eigenvalue weighted by atomic mass is 9.92. The molecule has 6 heteroatoms. The van der Waals surface area contributed by atoms with E-state index < -0.39 is 5.97 Å². The van der Waals surface area contributed by atoms with Crippen molar-refractivity contribution in [2.24, 2.45) is 0 Å². The smallest absolute Gasteiger partial charge is 0.376 e. The van der Waals surface area contributed by atoms with Gasteiger partial charge in [0, 0.05) is 34.5 Å². The van der Waals surface area contributed by atoms with Crippen LogP contribution in [0.15, 0.2) is 34.8 Å². The summed E-state index contributed by atoms with van der Waals surface area (Å²) in [5, 5.41) is 0. The molecule has 150 valence electrons. The number of hydrogen-bond acceptors (Lipinski definition) is 5. The van der Waals surface area contributed by atoms with Gasteiger partial charge in [0.15, 0.2) is 0 Å². The number of carbonyl (C=O) groups is 1. The molecular weight excluding hydrogens is 418 g/mol. The molecule has 0 bridgehead atoms. The van der Waals surface area contributed by atoms with Gasteiger partial charge in [-0.1, -0.05) is 48.8 Å². The van der Waals surface area contributed by atoms with Crippen LogP contribution < -0.4 is 4.90 Å². The topological polar surface area (TPSA) is 55.3 Å². The summed E-state index contributed by atoms with van der Waals surface area (Å²) < 4.78 is 6.24. The van der Waals surface area contributed by atoms with Crippen LogP contribution in [0.3, 0.4) is 0 Å². The monoisotopic (exact) mass is 445 g/mol. The van der Waals surface area contributed by atoms with E-state index >= 15 is 0 Å². The van der Waals surface area contributed by atoms with Gasteiger partial charge in [-0.05, 0) is 38.0 Å². The molecule has 0 N–H and O–H groups in total. The highest BCUT2D eigenvalue weighted by molar-refractivity contribution is 9.10. The number of carbonyl (C=O) groups excluding carboxylic acids is 1. The van der Waals surface area contributed by atoms with Crippen molar-refractivity contribution in [2.75, 3.05) is 18.1 Å². The standard InChI is InChI=1S/C22H28BrN3O2/c1-6-28-21(27)20-24-18(22(3,4)5)12-19(25-20)26-13-16(11-14(26)2)15-7-9-17(23)10-8-15/h7-10,12,14,16H,6,11,13H2,1-5H3. The zero-order valence-corrected chi connectivity index (χ0v) is 18.8. The highest BCUT2D eigenvalue weighted by atomic mass is 79.9. The Bertz CT molecular complexity index is 846. The Labute approximate surface area is 175 Å². The number of halogens is 1. The lowest BCUT2D eigenvalue weighted by Crippen LogP contribution is -2.30. The van der Waals surface area contributed by atoms with E-state index in [1.165, 1.54) is 5.56 Å². The van der Waals surface area contributed by atoms with Crippen LogP contribution in [0.25, 0.3) is 0 Å². The van der Waals surface area contributed by atoms with E-state index in [4.69, 9.17) is 4.74 Å². The lowest BCUT2D eigenvalue weighted by molar-refractivity contribution is 0.0511. The third-order valence-electron chi connectivity index (χ3n) is 5.15. The maximum atomic E-state index is 12.3. The number of hydrogen-bond donors (Lipinski definition) is 0. The first-order valence-corrected chi connectivity index (χ1v) is 10.6. The van der Waals surface area contributed by atoms with E-state index in [9.17, 15) is 4.79 Å².